The molecule has 0 bridgehead atoms. The van der Waals surface area contributed by atoms with E-state index in [1.165, 1.54) is 0 Å². The smallest absolute Gasteiger partial charge is 0.324 e. The number of carbonyl (C=O) groups excluding carboxylic acids is 3. The molecule has 0 spiro atoms. The molecule has 0 radical (unpaired) electrons. The predicted octanol–water partition coefficient (Wildman–Crippen LogP) is 0.215. The highest BCUT2D eigenvalue weighted by Crippen LogP contribution is 2.23. The highest BCUT2D eigenvalue weighted by atomic mass is 16.2. The summed E-state index contributed by atoms with van der Waals surface area (Å²) < 4.78 is 1.96. The van der Waals surface area contributed by atoms with Crippen LogP contribution in [0.4, 0.5) is 4.79 Å². The first kappa shape index (κ1) is 15.5. The van der Waals surface area contributed by atoms with Crippen molar-refractivity contribution in [1.82, 2.24) is 24.9 Å². The minimum absolute atomic E-state index is 0.151. The molecule has 2 aliphatic rings. The van der Waals surface area contributed by atoms with Gasteiger partial charge in [-0.15, -0.1) is 0 Å². The maximum Gasteiger partial charge on any atom is 0.324 e. The lowest BCUT2D eigenvalue weighted by Crippen LogP contribution is -2.53. The van der Waals surface area contributed by atoms with E-state index in [9.17, 15) is 14.4 Å². The van der Waals surface area contributed by atoms with Crippen LogP contribution in [0, 0.1) is 13.8 Å². The molecular formula is C15H21N5O3. The summed E-state index contributed by atoms with van der Waals surface area (Å²) in [6.07, 6.45) is 1.07. The molecule has 3 rings (SSSR count). The van der Waals surface area contributed by atoms with Crippen LogP contribution >= 0.6 is 0 Å². The van der Waals surface area contributed by atoms with Gasteiger partial charge in [0.25, 0.3) is 0 Å². The summed E-state index contributed by atoms with van der Waals surface area (Å²) >= 11 is 0. The van der Waals surface area contributed by atoms with Crippen LogP contribution in [0.15, 0.2) is 6.07 Å². The number of nitrogens with one attached hydrogen (secondary N) is 1. The predicted molar refractivity (Wildman–Crippen MR) is 81.7 cm³/mol. The quantitative estimate of drug-likeness (QED) is 0.863. The highest BCUT2D eigenvalue weighted by Gasteiger charge is 2.33. The molecule has 1 N–H and O–H groups in total. The average Bonchev–Trinajstić information content (AvgIpc) is 3.09. The van der Waals surface area contributed by atoms with Crippen LogP contribution in [-0.4, -0.2) is 63.6 Å². The number of rotatable bonds is 3. The Morgan fingerprint density at radius 1 is 1.39 bits per heavy atom. The fourth-order valence-electron chi connectivity index (χ4n) is 3.20. The van der Waals surface area contributed by atoms with Crippen LogP contribution in [-0.2, 0) is 9.59 Å². The monoisotopic (exact) mass is 319 g/mol. The average molecular weight is 319 g/mol. The Kier molecular flexibility index (Phi) is 4.06. The molecule has 124 valence electrons. The Bertz CT molecular complexity index is 638. The van der Waals surface area contributed by atoms with Gasteiger partial charge in [0.15, 0.2) is 0 Å². The molecule has 2 aliphatic heterocycles. The molecule has 2 fully saturated rings. The minimum atomic E-state index is -0.483. The Morgan fingerprint density at radius 2 is 2.17 bits per heavy atom. The number of aromatic nitrogens is 2. The fourth-order valence-corrected chi connectivity index (χ4v) is 3.20. The maximum absolute atomic E-state index is 12.4. The van der Waals surface area contributed by atoms with Crippen LogP contribution in [0.3, 0.4) is 0 Å². The van der Waals surface area contributed by atoms with Crippen molar-refractivity contribution in [2.45, 2.75) is 32.7 Å². The first-order valence-corrected chi connectivity index (χ1v) is 7.84. The largest absolute Gasteiger partial charge is 0.339 e. The van der Waals surface area contributed by atoms with Gasteiger partial charge < -0.3 is 10.2 Å². The van der Waals surface area contributed by atoms with E-state index in [0.717, 1.165) is 22.7 Å². The highest BCUT2D eigenvalue weighted by molar-refractivity contribution is 6.00. The molecular weight excluding hydrogens is 298 g/mol. The summed E-state index contributed by atoms with van der Waals surface area (Å²) in [5.41, 5.74) is 2.04. The molecule has 1 aromatic rings. The molecule has 8 heteroatoms. The third-order valence-corrected chi connectivity index (χ3v) is 4.36. The van der Waals surface area contributed by atoms with Crippen molar-refractivity contribution in [1.29, 1.82) is 0 Å². The van der Waals surface area contributed by atoms with E-state index >= 15 is 0 Å². The first-order chi connectivity index (χ1) is 11.0. The van der Waals surface area contributed by atoms with Crippen LogP contribution in [0.5, 0.6) is 0 Å². The SMILES string of the molecule is Cc1cc(C)n(C2CCN(C(=O)CN3C(=O)CCNC3=O)C2)n1. The lowest BCUT2D eigenvalue weighted by atomic mass is 10.2. The van der Waals surface area contributed by atoms with E-state index in [1.54, 1.807) is 4.90 Å². The third-order valence-electron chi connectivity index (χ3n) is 4.36. The maximum atomic E-state index is 12.4. The molecule has 0 aromatic carbocycles. The van der Waals surface area contributed by atoms with Crippen LogP contribution in [0.25, 0.3) is 0 Å². The van der Waals surface area contributed by atoms with E-state index in [2.05, 4.69) is 10.4 Å². The van der Waals surface area contributed by atoms with E-state index < -0.39 is 6.03 Å². The number of carbonyl (C=O) groups is 3. The molecule has 0 saturated carbocycles. The Balaban J connectivity index is 1.62. The van der Waals surface area contributed by atoms with Gasteiger partial charge in [0.2, 0.25) is 11.8 Å². The number of hydrogen-bond donors (Lipinski definition) is 1. The zero-order valence-electron chi connectivity index (χ0n) is 13.4. The summed E-state index contributed by atoms with van der Waals surface area (Å²) in [5.74, 6) is -0.490. The fraction of sp³-hybridized carbons (Fsp3) is 0.600. The number of amides is 4. The zero-order valence-corrected chi connectivity index (χ0v) is 13.4. The number of urea groups is 1. The molecule has 23 heavy (non-hydrogen) atoms. The number of hydrogen-bond acceptors (Lipinski definition) is 4. The number of aryl methyl sites for hydroxylation is 2. The van der Waals surface area contributed by atoms with Gasteiger partial charge in [-0.3, -0.25) is 19.2 Å². The minimum Gasteiger partial charge on any atom is -0.339 e. The van der Waals surface area contributed by atoms with Crippen molar-refractivity contribution < 1.29 is 14.4 Å². The van der Waals surface area contributed by atoms with Crippen molar-refractivity contribution in [2.75, 3.05) is 26.2 Å². The molecule has 1 aromatic heterocycles. The summed E-state index contributed by atoms with van der Waals surface area (Å²) in [5, 5.41) is 7.06. The second-order valence-corrected chi connectivity index (χ2v) is 6.12. The lowest BCUT2D eigenvalue weighted by Gasteiger charge is -2.27. The summed E-state index contributed by atoms with van der Waals surface area (Å²) in [7, 11) is 0. The van der Waals surface area contributed by atoms with E-state index in [0.29, 0.717) is 19.6 Å². The molecule has 1 unspecified atom stereocenters. The topological polar surface area (TPSA) is 87.5 Å². The van der Waals surface area contributed by atoms with Gasteiger partial charge in [-0.05, 0) is 26.3 Å². The van der Waals surface area contributed by atoms with E-state index in [-0.39, 0.29) is 30.8 Å². The second kappa shape index (κ2) is 6.02. The van der Waals surface area contributed by atoms with Crippen molar-refractivity contribution in [3.8, 4) is 0 Å². The van der Waals surface area contributed by atoms with Crippen LogP contribution in [0.1, 0.15) is 30.3 Å². The molecule has 8 nitrogen and oxygen atoms in total. The number of imide groups is 1. The van der Waals surface area contributed by atoms with Gasteiger partial charge in [-0.25, -0.2) is 4.79 Å². The molecule has 1 atom stereocenters. The summed E-state index contributed by atoms with van der Waals surface area (Å²) in [6.45, 7) is 5.28. The second-order valence-electron chi connectivity index (χ2n) is 6.12. The van der Waals surface area contributed by atoms with Crippen molar-refractivity contribution in [3.63, 3.8) is 0 Å². The van der Waals surface area contributed by atoms with Gasteiger partial charge in [0.05, 0.1) is 11.7 Å². The number of nitrogens with zero attached hydrogens (tertiary/aromatic N) is 4. The van der Waals surface area contributed by atoms with Gasteiger partial charge in [-0.2, -0.15) is 5.10 Å². The van der Waals surface area contributed by atoms with Crippen LogP contribution in [0.2, 0.25) is 0 Å². The zero-order chi connectivity index (χ0) is 16.6. The van der Waals surface area contributed by atoms with E-state index in [1.807, 2.05) is 24.6 Å². The summed E-state index contributed by atoms with van der Waals surface area (Å²) in [6, 6.07) is 1.68. The normalized spacial score (nSPS) is 21.7. The lowest BCUT2D eigenvalue weighted by molar-refractivity contribution is -0.138. The molecule has 0 aliphatic carbocycles. The van der Waals surface area contributed by atoms with Gasteiger partial charge >= 0.3 is 6.03 Å². The molecule has 2 saturated heterocycles. The molecule has 4 amide bonds. The van der Waals surface area contributed by atoms with E-state index in [4.69, 9.17) is 0 Å². The van der Waals surface area contributed by atoms with Gasteiger partial charge in [0.1, 0.15) is 6.54 Å². The number of likely N-dealkylation sites (tertiary alicyclic amines) is 1. The Labute approximate surface area is 134 Å². The third kappa shape index (κ3) is 3.06. The van der Waals surface area contributed by atoms with Gasteiger partial charge in [0, 0.05) is 31.7 Å². The standard InChI is InChI=1S/C15H21N5O3/c1-10-7-11(2)20(17-10)12-4-6-18(8-12)14(22)9-19-13(21)3-5-16-15(19)23/h7,12H,3-6,8-9H2,1-2H3,(H,16,23). The summed E-state index contributed by atoms with van der Waals surface area (Å²) in [4.78, 5) is 38.6. The Morgan fingerprint density at radius 3 is 2.83 bits per heavy atom. The van der Waals surface area contributed by atoms with Crippen molar-refractivity contribution in [3.05, 3.63) is 17.5 Å². The van der Waals surface area contributed by atoms with Crippen molar-refractivity contribution >= 4 is 17.8 Å². The van der Waals surface area contributed by atoms with Crippen molar-refractivity contribution in [2.24, 2.45) is 0 Å². The van der Waals surface area contributed by atoms with Crippen LogP contribution < -0.4 is 5.32 Å². The Hall–Kier alpha value is -2.38. The molecule has 3 heterocycles. The first-order valence-electron chi connectivity index (χ1n) is 7.84. The van der Waals surface area contributed by atoms with Gasteiger partial charge in [-0.1, -0.05) is 0 Å².